The Balaban J connectivity index is 1.62. The van der Waals surface area contributed by atoms with Gasteiger partial charge in [-0.3, -0.25) is 4.79 Å². The van der Waals surface area contributed by atoms with E-state index in [2.05, 4.69) is 32.4 Å². The molecule has 2 aromatic rings. The van der Waals surface area contributed by atoms with Crippen LogP contribution in [0, 0.1) is 6.92 Å². The second kappa shape index (κ2) is 6.58. The molecule has 0 unspecified atom stereocenters. The minimum Gasteiger partial charge on any atom is -0.380 e. The lowest BCUT2D eigenvalue weighted by Gasteiger charge is -2.33. The number of aryl methyl sites for hydroxylation is 2. The Hall–Kier alpha value is -2.08. The molecule has 3 rings (SSSR count). The van der Waals surface area contributed by atoms with E-state index in [9.17, 15) is 4.79 Å². The van der Waals surface area contributed by atoms with Crippen LogP contribution in [0.2, 0.25) is 5.02 Å². The lowest BCUT2D eigenvalue weighted by Crippen LogP contribution is -2.39. The van der Waals surface area contributed by atoms with Crippen LogP contribution in [0.4, 0.5) is 11.5 Å². The van der Waals surface area contributed by atoms with Crippen molar-refractivity contribution >= 4 is 23.1 Å². The summed E-state index contributed by atoms with van der Waals surface area (Å²) in [5.74, 6) is 1.02. The standard InChI is InChI=1S/C16H20ClN5O/c1-11-3-4-14(18-9-11)22-7-5-12(6-8-22)20-13-10-19-21(2)16(23)15(13)17/h3-4,9-10,12,20H,5-8H2,1-2H3. The molecule has 1 saturated heterocycles. The van der Waals surface area contributed by atoms with Gasteiger partial charge >= 0.3 is 0 Å². The van der Waals surface area contributed by atoms with Gasteiger partial charge < -0.3 is 10.2 Å². The monoisotopic (exact) mass is 333 g/mol. The lowest BCUT2D eigenvalue weighted by molar-refractivity contribution is 0.523. The Morgan fingerprint density at radius 1 is 1.26 bits per heavy atom. The molecule has 3 heterocycles. The molecule has 0 bridgehead atoms. The van der Waals surface area contributed by atoms with Crippen LogP contribution in [0.1, 0.15) is 18.4 Å². The number of hydrogen-bond donors (Lipinski definition) is 1. The molecular formula is C16H20ClN5O. The zero-order valence-corrected chi connectivity index (χ0v) is 14.0. The van der Waals surface area contributed by atoms with Gasteiger partial charge in [-0.15, -0.1) is 0 Å². The topological polar surface area (TPSA) is 63.1 Å². The maximum absolute atomic E-state index is 11.8. The van der Waals surface area contributed by atoms with Crippen LogP contribution in [0.15, 0.2) is 29.3 Å². The summed E-state index contributed by atoms with van der Waals surface area (Å²) < 4.78 is 1.24. The van der Waals surface area contributed by atoms with Crippen molar-refractivity contribution in [3.8, 4) is 0 Å². The second-order valence-electron chi connectivity index (χ2n) is 5.90. The Kier molecular flexibility index (Phi) is 4.52. The molecule has 0 aliphatic carbocycles. The first-order valence-corrected chi connectivity index (χ1v) is 8.08. The maximum Gasteiger partial charge on any atom is 0.287 e. The first kappa shape index (κ1) is 15.8. The smallest absolute Gasteiger partial charge is 0.287 e. The van der Waals surface area contributed by atoms with Crippen molar-refractivity contribution in [2.24, 2.45) is 7.05 Å². The number of nitrogens with one attached hydrogen (secondary N) is 1. The highest BCUT2D eigenvalue weighted by atomic mass is 35.5. The second-order valence-corrected chi connectivity index (χ2v) is 6.28. The molecule has 0 amide bonds. The van der Waals surface area contributed by atoms with Gasteiger partial charge in [0.25, 0.3) is 5.56 Å². The van der Waals surface area contributed by atoms with Crippen LogP contribution in [-0.2, 0) is 7.05 Å². The number of nitrogens with zero attached hydrogens (tertiary/aromatic N) is 4. The average Bonchev–Trinajstić information content (AvgIpc) is 2.57. The van der Waals surface area contributed by atoms with Crippen LogP contribution < -0.4 is 15.8 Å². The van der Waals surface area contributed by atoms with E-state index in [1.165, 1.54) is 4.68 Å². The van der Waals surface area contributed by atoms with E-state index in [0.717, 1.165) is 37.3 Å². The van der Waals surface area contributed by atoms with Gasteiger partial charge in [-0.2, -0.15) is 5.10 Å². The minimum atomic E-state index is -0.280. The summed E-state index contributed by atoms with van der Waals surface area (Å²) in [6.45, 7) is 3.88. The quantitative estimate of drug-likeness (QED) is 0.933. The van der Waals surface area contributed by atoms with Gasteiger partial charge in [-0.1, -0.05) is 17.7 Å². The predicted octanol–water partition coefficient (Wildman–Crippen LogP) is 2.22. The molecule has 7 heteroatoms. The Morgan fingerprint density at radius 3 is 2.65 bits per heavy atom. The molecule has 2 aromatic heterocycles. The normalized spacial score (nSPS) is 15.7. The van der Waals surface area contributed by atoms with E-state index in [-0.39, 0.29) is 16.6 Å². The maximum atomic E-state index is 11.8. The number of piperidine rings is 1. The molecule has 6 nitrogen and oxygen atoms in total. The van der Waals surface area contributed by atoms with Crippen molar-refractivity contribution in [2.45, 2.75) is 25.8 Å². The largest absolute Gasteiger partial charge is 0.380 e. The van der Waals surface area contributed by atoms with Crippen LogP contribution in [-0.4, -0.2) is 33.9 Å². The summed E-state index contributed by atoms with van der Waals surface area (Å²) in [4.78, 5) is 18.6. The molecule has 0 spiro atoms. The molecular weight excluding hydrogens is 314 g/mol. The van der Waals surface area contributed by atoms with Gasteiger partial charge in [0.2, 0.25) is 0 Å². The molecule has 122 valence electrons. The summed E-state index contributed by atoms with van der Waals surface area (Å²) in [5.41, 5.74) is 1.50. The Morgan fingerprint density at radius 2 is 2.00 bits per heavy atom. The molecule has 1 fully saturated rings. The van der Waals surface area contributed by atoms with E-state index >= 15 is 0 Å². The zero-order valence-electron chi connectivity index (χ0n) is 13.3. The van der Waals surface area contributed by atoms with Crippen molar-refractivity contribution in [2.75, 3.05) is 23.3 Å². The molecule has 0 aromatic carbocycles. The van der Waals surface area contributed by atoms with Crippen LogP contribution in [0.25, 0.3) is 0 Å². The highest BCUT2D eigenvalue weighted by Gasteiger charge is 2.21. The Bertz CT molecular complexity index is 735. The summed E-state index contributed by atoms with van der Waals surface area (Å²) in [5, 5.41) is 7.56. The minimum absolute atomic E-state index is 0.199. The fourth-order valence-electron chi connectivity index (χ4n) is 2.73. The zero-order chi connectivity index (χ0) is 16.4. The SMILES string of the molecule is Cc1ccc(N2CCC(Nc3cnn(C)c(=O)c3Cl)CC2)nc1. The number of hydrogen-bond acceptors (Lipinski definition) is 5. The van der Waals surface area contributed by atoms with E-state index in [1.54, 1.807) is 13.2 Å². The first-order chi connectivity index (χ1) is 11.0. The lowest BCUT2D eigenvalue weighted by atomic mass is 10.0. The number of aromatic nitrogens is 3. The summed E-state index contributed by atoms with van der Waals surface area (Å²) in [6, 6.07) is 4.42. The number of halogens is 1. The summed E-state index contributed by atoms with van der Waals surface area (Å²) in [6.07, 6.45) is 5.42. The van der Waals surface area contributed by atoms with Gasteiger partial charge in [0.05, 0.1) is 11.9 Å². The summed E-state index contributed by atoms with van der Waals surface area (Å²) >= 11 is 6.10. The van der Waals surface area contributed by atoms with Crippen molar-refractivity contribution in [3.63, 3.8) is 0 Å². The average molecular weight is 334 g/mol. The van der Waals surface area contributed by atoms with Crippen LogP contribution in [0.3, 0.4) is 0 Å². The van der Waals surface area contributed by atoms with E-state index in [0.29, 0.717) is 5.69 Å². The van der Waals surface area contributed by atoms with E-state index < -0.39 is 0 Å². The fourth-order valence-corrected chi connectivity index (χ4v) is 2.96. The number of pyridine rings is 1. The Labute approximate surface area is 140 Å². The molecule has 0 saturated carbocycles. The van der Waals surface area contributed by atoms with Crippen LogP contribution >= 0.6 is 11.6 Å². The summed E-state index contributed by atoms with van der Waals surface area (Å²) in [7, 11) is 1.59. The van der Waals surface area contributed by atoms with E-state index in [1.807, 2.05) is 13.1 Å². The van der Waals surface area contributed by atoms with Gasteiger partial charge in [-0.25, -0.2) is 9.67 Å². The van der Waals surface area contributed by atoms with E-state index in [4.69, 9.17) is 11.6 Å². The fraction of sp³-hybridized carbons (Fsp3) is 0.438. The molecule has 1 aliphatic rings. The molecule has 0 radical (unpaired) electrons. The third-order valence-corrected chi connectivity index (χ3v) is 4.52. The van der Waals surface area contributed by atoms with Crippen LogP contribution in [0.5, 0.6) is 0 Å². The van der Waals surface area contributed by atoms with Crippen molar-refractivity contribution in [1.29, 1.82) is 0 Å². The first-order valence-electron chi connectivity index (χ1n) is 7.70. The molecule has 0 atom stereocenters. The number of anilines is 2. The van der Waals surface area contributed by atoms with Gasteiger partial charge in [0, 0.05) is 32.4 Å². The molecule has 1 aliphatic heterocycles. The highest BCUT2D eigenvalue weighted by Crippen LogP contribution is 2.22. The predicted molar refractivity (Wildman–Crippen MR) is 92.3 cm³/mol. The molecule has 23 heavy (non-hydrogen) atoms. The third kappa shape index (κ3) is 3.47. The van der Waals surface area contributed by atoms with Gasteiger partial charge in [0.15, 0.2) is 0 Å². The third-order valence-electron chi connectivity index (χ3n) is 4.15. The number of rotatable bonds is 3. The van der Waals surface area contributed by atoms with Gasteiger partial charge in [0.1, 0.15) is 10.8 Å². The molecule has 1 N–H and O–H groups in total. The van der Waals surface area contributed by atoms with Crippen molar-refractivity contribution in [3.05, 3.63) is 45.5 Å². The highest BCUT2D eigenvalue weighted by molar-refractivity contribution is 6.32. The van der Waals surface area contributed by atoms with Gasteiger partial charge in [-0.05, 0) is 31.4 Å². The van der Waals surface area contributed by atoms with Crippen molar-refractivity contribution < 1.29 is 0 Å². The van der Waals surface area contributed by atoms with Crippen molar-refractivity contribution in [1.82, 2.24) is 14.8 Å².